The van der Waals surface area contributed by atoms with Gasteiger partial charge in [0.1, 0.15) is 0 Å². The van der Waals surface area contributed by atoms with Gasteiger partial charge in [-0.3, -0.25) is 4.79 Å². The molecule has 0 aromatic carbocycles. The average molecular weight is 183 g/mol. The molecule has 2 aliphatic heterocycles. The van der Waals surface area contributed by atoms with E-state index in [1.165, 1.54) is 6.42 Å². The first-order chi connectivity index (χ1) is 6.36. The second kappa shape index (κ2) is 4.09. The predicted molar refractivity (Wildman–Crippen MR) is 49.3 cm³/mol. The summed E-state index contributed by atoms with van der Waals surface area (Å²) in [4.78, 5) is 11.0. The van der Waals surface area contributed by atoms with Crippen molar-refractivity contribution in [2.24, 2.45) is 11.8 Å². The molecule has 2 heterocycles. The molecule has 0 saturated carbocycles. The molecule has 1 amide bonds. The minimum atomic E-state index is 0.232. The molecule has 1 N–H and O–H groups in total. The summed E-state index contributed by atoms with van der Waals surface area (Å²) in [7, 11) is 0. The summed E-state index contributed by atoms with van der Waals surface area (Å²) in [5.74, 6) is 1.52. The van der Waals surface area contributed by atoms with E-state index in [-0.39, 0.29) is 5.91 Å². The maximum absolute atomic E-state index is 11.0. The normalized spacial score (nSPS) is 35.5. The van der Waals surface area contributed by atoms with Crippen LogP contribution in [0.2, 0.25) is 0 Å². The first-order valence-corrected chi connectivity index (χ1v) is 5.20. The van der Waals surface area contributed by atoms with Crippen LogP contribution in [0.25, 0.3) is 0 Å². The highest BCUT2D eigenvalue weighted by atomic mass is 16.5. The molecule has 0 radical (unpaired) electrons. The van der Waals surface area contributed by atoms with Crippen molar-refractivity contribution < 1.29 is 9.53 Å². The molecule has 0 aliphatic carbocycles. The average Bonchev–Trinajstić information content (AvgIpc) is 2.43. The van der Waals surface area contributed by atoms with E-state index < -0.39 is 0 Å². The summed E-state index contributed by atoms with van der Waals surface area (Å²) < 4.78 is 5.41. The molecule has 3 nitrogen and oxygen atoms in total. The van der Waals surface area contributed by atoms with Crippen LogP contribution in [0.3, 0.4) is 0 Å². The second-order valence-corrected chi connectivity index (χ2v) is 4.07. The Balaban J connectivity index is 1.87. The minimum Gasteiger partial charge on any atom is -0.381 e. The van der Waals surface area contributed by atoms with Gasteiger partial charge in [-0.2, -0.15) is 0 Å². The van der Waals surface area contributed by atoms with Crippen molar-refractivity contribution >= 4 is 5.91 Å². The summed E-state index contributed by atoms with van der Waals surface area (Å²) in [6.45, 7) is 2.68. The number of carbonyl (C=O) groups is 1. The van der Waals surface area contributed by atoms with Crippen molar-refractivity contribution in [3.63, 3.8) is 0 Å². The van der Waals surface area contributed by atoms with Crippen LogP contribution in [-0.4, -0.2) is 25.7 Å². The molecule has 0 aromatic rings. The standard InChI is InChI=1S/C10H17NO2/c12-10-6-9(7-11-10)8-2-1-4-13-5-3-8/h8-9H,1-7H2,(H,11,12). The van der Waals surface area contributed by atoms with E-state index >= 15 is 0 Å². The van der Waals surface area contributed by atoms with Crippen LogP contribution < -0.4 is 5.32 Å². The molecule has 0 aromatic heterocycles. The number of hydrogen-bond donors (Lipinski definition) is 1. The van der Waals surface area contributed by atoms with Crippen LogP contribution in [0, 0.1) is 11.8 Å². The second-order valence-electron chi connectivity index (χ2n) is 4.07. The highest BCUT2D eigenvalue weighted by molar-refractivity contribution is 5.78. The first kappa shape index (κ1) is 9.00. The predicted octanol–water partition coefficient (Wildman–Crippen LogP) is 0.939. The maximum atomic E-state index is 11.0. The fraction of sp³-hybridized carbons (Fsp3) is 0.900. The molecule has 2 aliphatic rings. The number of ether oxygens (including phenoxy) is 1. The van der Waals surface area contributed by atoms with Crippen LogP contribution in [-0.2, 0) is 9.53 Å². The number of nitrogens with one attached hydrogen (secondary N) is 1. The molecule has 2 unspecified atom stereocenters. The topological polar surface area (TPSA) is 38.3 Å². The third-order valence-electron chi connectivity index (χ3n) is 3.17. The Labute approximate surface area is 78.8 Å². The molecule has 2 fully saturated rings. The van der Waals surface area contributed by atoms with Crippen molar-refractivity contribution in [1.82, 2.24) is 5.32 Å². The van der Waals surface area contributed by atoms with Crippen molar-refractivity contribution in [2.45, 2.75) is 25.7 Å². The van der Waals surface area contributed by atoms with Crippen molar-refractivity contribution in [3.8, 4) is 0 Å². The van der Waals surface area contributed by atoms with Gasteiger partial charge >= 0.3 is 0 Å². The van der Waals surface area contributed by atoms with Gasteiger partial charge in [0, 0.05) is 26.2 Å². The van der Waals surface area contributed by atoms with Crippen molar-refractivity contribution in [2.75, 3.05) is 19.8 Å². The molecule has 74 valence electrons. The molecule has 2 atom stereocenters. The van der Waals surface area contributed by atoms with Crippen LogP contribution in [0.15, 0.2) is 0 Å². The fourth-order valence-electron chi connectivity index (χ4n) is 2.36. The smallest absolute Gasteiger partial charge is 0.220 e. The van der Waals surface area contributed by atoms with E-state index in [0.29, 0.717) is 11.8 Å². The minimum absolute atomic E-state index is 0.232. The van der Waals surface area contributed by atoms with Gasteiger partial charge in [0.05, 0.1) is 0 Å². The van der Waals surface area contributed by atoms with Crippen LogP contribution in [0.1, 0.15) is 25.7 Å². The van der Waals surface area contributed by atoms with Gasteiger partial charge in [-0.05, 0) is 31.1 Å². The molecular weight excluding hydrogens is 166 g/mol. The van der Waals surface area contributed by atoms with E-state index in [1.807, 2.05) is 0 Å². The van der Waals surface area contributed by atoms with Crippen molar-refractivity contribution in [3.05, 3.63) is 0 Å². The molecule has 0 spiro atoms. The molecule has 3 heteroatoms. The van der Waals surface area contributed by atoms with Crippen LogP contribution >= 0.6 is 0 Å². The lowest BCUT2D eigenvalue weighted by molar-refractivity contribution is -0.119. The Hall–Kier alpha value is -0.570. The van der Waals surface area contributed by atoms with Gasteiger partial charge in [-0.15, -0.1) is 0 Å². The number of hydrogen-bond acceptors (Lipinski definition) is 2. The van der Waals surface area contributed by atoms with E-state index in [2.05, 4.69) is 5.32 Å². The molecule has 2 rings (SSSR count). The van der Waals surface area contributed by atoms with E-state index in [0.717, 1.165) is 39.0 Å². The van der Waals surface area contributed by atoms with E-state index in [1.54, 1.807) is 0 Å². The number of rotatable bonds is 1. The van der Waals surface area contributed by atoms with Crippen LogP contribution in [0.5, 0.6) is 0 Å². The van der Waals surface area contributed by atoms with E-state index in [4.69, 9.17) is 4.74 Å². The summed E-state index contributed by atoms with van der Waals surface area (Å²) in [6.07, 6.45) is 4.28. The first-order valence-electron chi connectivity index (χ1n) is 5.20. The van der Waals surface area contributed by atoms with E-state index in [9.17, 15) is 4.79 Å². The highest BCUT2D eigenvalue weighted by Gasteiger charge is 2.29. The Bertz CT molecular complexity index is 185. The monoisotopic (exact) mass is 183 g/mol. The zero-order chi connectivity index (χ0) is 9.10. The third-order valence-corrected chi connectivity index (χ3v) is 3.17. The lowest BCUT2D eigenvalue weighted by atomic mass is 9.86. The zero-order valence-corrected chi connectivity index (χ0v) is 7.92. The Morgan fingerprint density at radius 2 is 2.15 bits per heavy atom. The van der Waals surface area contributed by atoms with Gasteiger partial charge in [0.25, 0.3) is 0 Å². The molecule has 2 saturated heterocycles. The lowest BCUT2D eigenvalue weighted by Crippen LogP contribution is -2.18. The summed E-state index contributed by atoms with van der Waals surface area (Å²) in [6, 6.07) is 0. The highest BCUT2D eigenvalue weighted by Crippen LogP contribution is 2.28. The third kappa shape index (κ3) is 2.21. The Morgan fingerprint density at radius 3 is 2.92 bits per heavy atom. The van der Waals surface area contributed by atoms with Gasteiger partial charge < -0.3 is 10.1 Å². The zero-order valence-electron chi connectivity index (χ0n) is 7.92. The Kier molecular flexibility index (Phi) is 2.83. The van der Waals surface area contributed by atoms with Crippen LogP contribution in [0.4, 0.5) is 0 Å². The van der Waals surface area contributed by atoms with Gasteiger partial charge in [0.15, 0.2) is 0 Å². The Morgan fingerprint density at radius 1 is 1.23 bits per heavy atom. The molecule has 0 bridgehead atoms. The largest absolute Gasteiger partial charge is 0.381 e. The maximum Gasteiger partial charge on any atom is 0.220 e. The lowest BCUT2D eigenvalue weighted by Gasteiger charge is -2.18. The van der Waals surface area contributed by atoms with Gasteiger partial charge in [0.2, 0.25) is 5.91 Å². The quantitative estimate of drug-likeness (QED) is 0.657. The summed E-state index contributed by atoms with van der Waals surface area (Å²) >= 11 is 0. The summed E-state index contributed by atoms with van der Waals surface area (Å²) in [5.41, 5.74) is 0. The van der Waals surface area contributed by atoms with Gasteiger partial charge in [-0.25, -0.2) is 0 Å². The summed E-state index contributed by atoms with van der Waals surface area (Å²) in [5, 5.41) is 2.91. The molecule has 13 heavy (non-hydrogen) atoms. The fourth-order valence-corrected chi connectivity index (χ4v) is 2.36. The SMILES string of the molecule is O=C1CC(C2CCCOCC2)CN1. The molecular formula is C10H17NO2. The number of carbonyl (C=O) groups excluding carboxylic acids is 1. The van der Waals surface area contributed by atoms with Crippen molar-refractivity contribution in [1.29, 1.82) is 0 Å². The van der Waals surface area contributed by atoms with Gasteiger partial charge in [-0.1, -0.05) is 0 Å². The number of amides is 1.